The molecule has 13 heavy (non-hydrogen) atoms. The molecule has 0 aliphatic carbocycles. The van der Waals surface area contributed by atoms with Crippen molar-refractivity contribution >= 4 is 0 Å². The summed E-state index contributed by atoms with van der Waals surface area (Å²) < 4.78 is 0. The van der Waals surface area contributed by atoms with Crippen molar-refractivity contribution in [3.63, 3.8) is 0 Å². The van der Waals surface area contributed by atoms with Crippen LogP contribution >= 0.6 is 0 Å². The Morgan fingerprint density at radius 2 is 2.15 bits per heavy atom. The fourth-order valence-electron chi connectivity index (χ4n) is 1.22. The third kappa shape index (κ3) is 2.49. The molecule has 1 heterocycles. The first kappa shape index (κ1) is 10.1. The summed E-state index contributed by atoms with van der Waals surface area (Å²) in [5.74, 6) is 1.31. The maximum Gasteiger partial charge on any atom is 0.125 e. The summed E-state index contributed by atoms with van der Waals surface area (Å²) in [4.78, 5) is 8.62. The normalized spacial score (nSPS) is 12.9. The van der Waals surface area contributed by atoms with Crippen molar-refractivity contribution in [3.8, 4) is 0 Å². The van der Waals surface area contributed by atoms with Crippen LogP contribution in [0.4, 0.5) is 0 Å². The zero-order chi connectivity index (χ0) is 9.84. The van der Waals surface area contributed by atoms with Crippen molar-refractivity contribution in [2.24, 2.45) is 5.73 Å². The van der Waals surface area contributed by atoms with E-state index in [1.807, 2.05) is 13.0 Å². The topological polar surface area (TPSA) is 51.8 Å². The zero-order valence-corrected chi connectivity index (χ0v) is 8.54. The van der Waals surface area contributed by atoms with Gasteiger partial charge in [-0.15, -0.1) is 0 Å². The summed E-state index contributed by atoms with van der Waals surface area (Å²) >= 11 is 0. The summed E-state index contributed by atoms with van der Waals surface area (Å²) in [7, 11) is 0. The van der Waals surface area contributed by atoms with Gasteiger partial charge in [-0.1, -0.05) is 13.8 Å². The molecule has 0 amide bonds. The van der Waals surface area contributed by atoms with Crippen LogP contribution in [0.3, 0.4) is 0 Å². The first-order chi connectivity index (χ1) is 6.17. The highest BCUT2D eigenvalue weighted by atomic mass is 14.9. The largest absolute Gasteiger partial charge is 0.325 e. The van der Waals surface area contributed by atoms with Gasteiger partial charge in [0.1, 0.15) is 5.82 Å². The van der Waals surface area contributed by atoms with Crippen molar-refractivity contribution in [1.82, 2.24) is 9.97 Å². The van der Waals surface area contributed by atoms with Gasteiger partial charge in [0.05, 0.1) is 5.69 Å². The second-order valence-corrected chi connectivity index (χ2v) is 3.34. The molecule has 0 radical (unpaired) electrons. The predicted octanol–water partition coefficient (Wildman–Crippen LogP) is 1.76. The summed E-state index contributed by atoms with van der Waals surface area (Å²) in [5.41, 5.74) is 7.58. The quantitative estimate of drug-likeness (QED) is 0.769. The van der Waals surface area contributed by atoms with Crippen molar-refractivity contribution < 1.29 is 0 Å². The minimum atomic E-state index is 0.493. The highest BCUT2D eigenvalue weighted by Crippen LogP contribution is 2.16. The highest BCUT2D eigenvalue weighted by Gasteiger charge is 2.06. The molecule has 3 heteroatoms. The second kappa shape index (κ2) is 4.33. The van der Waals surface area contributed by atoms with Crippen LogP contribution in [0.1, 0.15) is 43.4 Å². The fraction of sp³-hybridized carbons (Fsp3) is 0.600. The maximum atomic E-state index is 5.54. The summed E-state index contributed by atoms with van der Waals surface area (Å²) in [6, 6.07) is 2.00. The monoisotopic (exact) mass is 179 g/mol. The van der Waals surface area contributed by atoms with Gasteiger partial charge in [0.2, 0.25) is 0 Å². The first-order valence-corrected chi connectivity index (χ1v) is 4.71. The number of hydrogen-bond donors (Lipinski definition) is 1. The molecule has 0 aromatic carbocycles. The summed E-state index contributed by atoms with van der Waals surface area (Å²) in [5, 5.41) is 0. The SMILES string of the molecule is CC[C@H](C)c1cc(CN)nc(C)n1. The summed E-state index contributed by atoms with van der Waals surface area (Å²) in [6.07, 6.45) is 1.10. The smallest absolute Gasteiger partial charge is 0.125 e. The third-order valence-electron chi connectivity index (χ3n) is 2.24. The molecule has 1 rings (SSSR count). The molecular weight excluding hydrogens is 162 g/mol. The number of nitrogens with zero attached hydrogens (tertiary/aromatic N) is 2. The Kier molecular flexibility index (Phi) is 3.37. The molecular formula is C10H17N3. The van der Waals surface area contributed by atoms with E-state index in [-0.39, 0.29) is 0 Å². The number of aromatic nitrogens is 2. The van der Waals surface area contributed by atoms with E-state index in [9.17, 15) is 0 Å². The molecule has 0 unspecified atom stereocenters. The van der Waals surface area contributed by atoms with Gasteiger partial charge in [0.15, 0.2) is 0 Å². The van der Waals surface area contributed by atoms with E-state index in [4.69, 9.17) is 5.73 Å². The number of hydrogen-bond acceptors (Lipinski definition) is 3. The Bertz CT molecular complexity index is 283. The molecule has 0 bridgehead atoms. The van der Waals surface area contributed by atoms with E-state index in [2.05, 4.69) is 23.8 Å². The van der Waals surface area contributed by atoms with Crippen LogP contribution < -0.4 is 5.73 Å². The minimum Gasteiger partial charge on any atom is -0.325 e. The predicted molar refractivity (Wildman–Crippen MR) is 53.4 cm³/mol. The van der Waals surface area contributed by atoms with Crippen LogP contribution in [0.5, 0.6) is 0 Å². The molecule has 1 atom stereocenters. The molecule has 1 aromatic heterocycles. The number of nitrogens with two attached hydrogens (primary N) is 1. The molecule has 0 saturated carbocycles. The average molecular weight is 179 g/mol. The highest BCUT2D eigenvalue weighted by molar-refractivity contribution is 5.14. The van der Waals surface area contributed by atoms with Crippen molar-refractivity contribution in [2.75, 3.05) is 0 Å². The van der Waals surface area contributed by atoms with Gasteiger partial charge in [-0.25, -0.2) is 9.97 Å². The van der Waals surface area contributed by atoms with E-state index < -0.39 is 0 Å². The molecule has 0 spiro atoms. The third-order valence-corrected chi connectivity index (χ3v) is 2.24. The van der Waals surface area contributed by atoms with E-state index in [1.54, 1.807) is 0 Å². The molecule has 0 aliphatic rings. The molecule has 0 fully saturated rings. The van der Waals surface area contributed by atoms with Gasteiger partial charge in [0.25, 0.3) is 0 Å². The van der Waals surface area contributed by atoms with E-state index in [0.717, 1.165) is 23.6 Å². The van der Waals surface area contributed by atoms with Crippen molar-refractivity contribution in [1.29, 1.82) is 0 Å². The zero-order valence-electron chi connectivity index (χ0n) is 8.54. The number of aryl methyl sites for hydroxylation is 1. The Hall–Kier alpha value is -0.960. The van der Waals surface area contributed by atoms with Crippen molar-refractivity contribution in [3.05, 3.63) is 23.3 Å². The van der Waals surface area contributed by atoms with Gasteiger partial charge in [0, 0.05) is 12.2 Å². The van der Waals surface area contributed by atoms with Crippen LogP contribution in [0, 0.1) is 6.92 Å². The first-order valence-electron chi connectivity index (χ1n) is 4.71. The van der Waals surface area contributed by atoms with Gasteiger partial charge >= 0.3 is 0 Å². The molecule has 72 valence electrons. The van der Waals surface area contributed by atoms with Crippen LogP contribution in [0.15, 0.2) is 6.07 Å². The van der Waals surface area contributed by atoms with E-state index >= 15 is 0 Å². The van der Waals surface area contributed by atoms with Gasteiger partial charge in [-0.05, 0) is 25.3 Å². The fourth-order valence-corrected chi connectivity index (χ4v) is 1.22. The molecule has 3 nitrogen and oxygen atoms in total. The van der Waals surface area contributed by atoms with Crippen LogP contribution in [0.25, 0.3) is 0 Å². The van der Waals surface area contributed by atoms with Crippen LogP contribution in [-0.4, -0.2) is 9.97 Å². The van der Waals surface area contributed by atoms with E-state index in [0.29, 0.717) is 12.5 Å². The Morgan fingerprint density at radius 1 is 1.46 bits per heavy atom. The molecule has 2 N–H and O–H groups in total. The lowest BCUT2D eigenvalue weighted by atomic mass is 10.0. The molecule has 0 saturated heterocycles. The Balaban J connectivity index is 3.01. The summed E-state index contributed by atoms with van der Waals surface area (Å²) in [6.45, 7) is 6.73. The molecule has 1 aromatic rings. The van der Waals surface area contributed by atoms with E-state index in [1.165, 1.54) is 0 Å². The Morgan fingerprint density at radius 3 is 2.69 bits per heavy atom. The van der Waals surface area contributed by atoms with Crippen molar-refractivity contribution in [2.45, 2.75) is 39.7 Å². The average Bonchev–Trinajstić information content (AvgIpc) is 2.15. The van der Waals surface area contributed by atoms with Crippen LogP contribution in [-0.2, 0) is 6.54 Å². The Labute approximate surface area is 79.4 Å². The maximum absolute atomic E-state index is 5.54. The lowest BCUT2D eigenvalue weighted by Gasteiger charge is -2.09. The van der Waals surface area contributed by atoms with Gasteiger partial charge in [-0.3, -0.25) is 0 Å². The number of rotatable bonds is 3. The van der Waals surface area contributed by atoms with Gasteiger partial charge in [-0.2, -0.15) is 0 Å². The lowest BCUT2D eigenvalue weighted by molar-refractivity contribution is 0.693. The minimum absolute atomic E-state index is 0.493. The molecule has 0 aliphatic heterocycles. The van der Waals surface area contributed by atoms with Gasteiger partial charge < -0.3 is 5.73 Å². The second-order valence-electron chi connectivity index (χ2n) is 3.34. The van der Waals surface area contributed by atoms with Crippen LogP contribution in [0.2, 0.25) is 0 Å². The lowest BCUT2D eigenvalue weighted by Crippen LogP contribution is -2.06. The standard InChI is InChI=1S/C10H17N3/c1-4-7(2)10-5-9(6-11)12-8(3)13-10/h5,7H,4,6,11H2,1-3H3/t7-/m0/s1.